The van der Waals surface area contributed by atoms with Gasteiger partial charge in [0.05, 0.1) is 0 Å². The highest BCUT2D eigenvalue weighted by molar-refractivity contribution is 5.76. The van der Waals surface area contributed by atoms with Crippen LogP contribution in [0.3, 0.4) is 0 Å². The third kappa shape index (κ3) is 3.74. The van der Waals surface area contributed by atoms with Crippen molar-refractivity contribution in [1.29, 1.82) is 0 Å². The molecule has 124 valence electrons. The van der Waals surface area contributed by atoms with Crippen LogP contribution in [0, 0.1) is 0 Å². The Balaban J connectivity index is 0.000000299. The molecule has 1 aromatic rings. The zero-order valence-corrected chi connectivity index (χ0v) is 15.8. The molecule has 2 aliphatic rings. The van der Waals surface area contributed by atoms with Crippen LogP contribution in [0.25, 0.3) is 5.57 Å². The molecule has 0 radical (unpaired) electrons. The maximum atomic E-state index is 3.65. The second-order valence-electron chi connectivity index (χ2n) is 6.34. The van der Waals surface area contributed by atoms with Gasteiger partial charge in [0.25, 0.3) is 0 Å². The predicted octanol–water partition coefficient (Wildman–Crippen LogP) is 6.80. The summed E-state index contributed by atoms with van der Waals surface area (Å²) >= 11 is 0. The van der Waals surface area contributed by atoms with Crippen molar-refractivity contribution < 1.29 is 0 Å². The first-order valence-electron chi connectivity index (χ1n) is 9.10. The van der Waals surface area contributed by atoms with Gasteiger partial charge in [-0.15, -0.1) is 0 Å². The second-order valence-corrected chi connectivity index (χ2v) is 6.34. The fraction of sp³-hybridized carbons (Fsp3) is 0.619. The first-order chi connectivity index (χ1) is 10.6. The molecular weight excluding hydrogens is 266 g/mol. The molecule has 1 heteroatoms. The first kappa shape index (κ1) is 18.8. The quantitative estimate of drug-likeness (QED) is 0.578. The molecular formula is C21H35N. The van der Waals surface area contributed by atoms with Gasteiger partial charge >= 0.3 is 0 Å². The summed E-state index contributed by atoms with van der Waals surface area (Å²) in [5.74, 6) is 0. The average molecular weight is 302 g/mol. The minimum atomic E-state index is 0.425. The van der Waals surface area contributed by atoms with Gasteiger partial charge in [0.15, 0.2) is 0 Å². The number of nitrogens with one attached hydrogen (secondary N) is 1. The Hall–Kier alpha value is -1.24. The lowest BCUT2D eigenvalue weighted by molar-refractivity contribution is 0.311. The molecule has 1 spiro atoms. The summed E-state index contributed by atoms with van der Waals surface area (Å²) in [6.07, 6.45) is 11.0. The maximum absolute atomic E-state index is 3.65. The van der Waals surface area contributed by atoms with Crippen LogP contribution in [-0.4, -0.2) is 4.98 Å². The van der Waals surface area contributed by atoms with Crippen molar-refractivity contribution in [3.8, 4) is 0 Å². The van der Waals surface area contributed by atoms with E-state index in [9.17, 15) is 0 Å². The van der Waals surface area contributed by atoms with Gasteiger partial charge in [-0.2, -0.15) is 0 Å². The minimum Gasteiger partial charge on any atom is -0.361 e. The van der Waals surface area contributed by atoms with E-state index in [1.807, 2.05) is 20.8 Å². The summed E-state index contributed by atoms with van der Waals surface area (Å²) in [6, 6.07) is 2.37. The molecule has 0 amide bonds. The molecule has 22 heavy (non-hydrogen) atoms. The van der Waals surface area contributed by atoms with Crippen LogP contribution in [-0.2, 0) is 11.8 Å². The lowest BCUT2D eigenvalue weighted by Gasteiger charge is -2.36. The zero-order chi connectivity index (χ0) is 16.8. The summed E-state index contributed by atoms with van der Waals surface area (Å²) in [4.78, 5) is 3.65. The molecule has 1 fully saturated rings. The molecule has 1 saturated carbocycles. The molecule has 0 bridgehead atoms. The molecule has 0 saturated heterocycles. The predicted molar refractivity (Wildman–Crippen MR) is 100 cm³/mol. The van der Waals surface area contributed by atoms with E-state index in [0.29, 0.717) is 5.41 Å². The molecule has 1 aromatic heterocycles. The standard InChI is InChI=1S/C14H19N.C5H10.C2H6/c1-3-10-9-14(6-5-7-14)13-12(10)8-11(4-2)15-13;1-4-5(2)3;1-2/h8-9,15H,3-7H2,1-2H3;4H,1-3H3;1-2H3. The van der Waals surface area contributed by atoms with Gasteiger partial charge in [0, 0.05) is 16.8 Å². The summed E-state index contributed by atoms with van der Waals surface area (Å²) in [5.41, 5.74) is 7.83. The Bertz CT molecular complexity index is 520. The number of fused-ring (bicyclic) bond motifs is 2. The van der Waals surface area contributed by atoms with Crippen LogP contribution in [0.1, 0.15) is 91.1 Å². The molecule has 0 aromatic carbocycles. The van der Waals surface area contributed by atoms with Gasteiger partial charge in [-0.25, -0.2) is 0 Å². The third-order valence-corrected chi connectivity index (χ3v) is 4.75. The lowest BCUT2D eigenvalue weighted by atomic mass is 9.68. The minimum absolute atomic E-state index is 0.425. The van der Waals surface area contributed by atoms with Crippen molar-refractivity contribution in [3.05, 3.63) is 40.7 Å². The molecule has 1 heterocycles. The Morgan fingerprint density at radius 3 is 2.14 bits per heavy atom. The van der Waals surface area contributed by atoms with E-state index in [0.717, 1.165) is 6.42 Å². The smallest absolute Gasteiger partial charge is 0.0327 e. The lowest BCUT2D eigenvalue weighted by Crippen LogP contribution is -2.30. The van der Waals surface area contributed by atoms with E-state index < -0.39 is 0 Å². The Kier molecular flexibility index (Phi) is 7.19. The van der Waals surface area contributed by atoms with Crippen molar-refractivity contribution in [2.45, 2.75) is 86.0 Å². The van der Waals surface area contributed by atoms with E-state index in [1.165, 1.54) is 48.2 Å². The van der Waals surface area contributed by atoms with Gasteiger partial charge in [-0.3, -0.25) is 0 Å². The fourth-order valence-electron chi connectivity index (χ4n) is 3.07. The number of hydrogen-bond acceptors (Lipinski definition) is 0. The van der Waals surface area contributed by atoms with Crippen LogP contribution in [0.15, 0.2) is 23.8 Å². The molecule has 1 nitrogen and oxygen atoms in total. The summed E-state index contributed by atoms with van der Waals surface area (Å²) in [7, 11) is 0. The van der Waals surface area contributed by atoms with Crippen LogP contribution < -0.4 is 0 Å². The number of H-pyrrole nitrogens is 1. The van der Waals surface area contributed by atoms with Gasteiger partial charge in [0.2, 0.25) is 0 Å². The van der Waals surface area contributed by atoms with E-state index in [-0.39, 0.29) is 0 Å². The van der Waals surface area contributed by atoms with Gasteiger partial charge < -0.3 is 4.98 Å². The number of aromatic amines is 1. The number of hydrogen-bond donors (Lipinski definition) is 1. The monoisotopic (exact) mass is 301 g/mol. The Morgan fingerprint density at radius 2 is 1.77 bits per heavy atom. The fourth-order valence-corrected chi connectivity index (χ4v) is 3.07. The van der Waals surface area contributed by atoms with Crippen molar-refractivity contribution in [3.63, 3.8) is 0 Å². The Morgan fingerprint density at radius 1 is 1.18 bits per heavy atom. The van der Waals surface area contributed by atoms with Gasteiger partial charge in [-0.05, 0) is 63.7 Å². The van der Waals surface area contributed by atoms with E-state index in [4.69, 9.17) is 0 Å². The number of allylic oxidation sites excluding steroid dienone is 4. The highest BCUT2D eigenvalue weighted by Gasteiger charge is 2.43. The van der Waals surface area contributed by atoms with Crippen LogP contribution in [0.4, 0.5) is 0 Å². The topological polar surface area (TPSA) is 15.8 Å². The number of aryl methyl sites for hydroxylation is 1. The molecule has 2 aliphatic carbocycles. The number of aromatic nitrogens is 1. The average Bonchev–Trinajstić information content (AvgIpc) is 3.05. The highest BCUT2D eigenvalue weighted by Crippen LogP contribution is 2.53. The van der Waals surface area contributed by atoms with Crippen molar-refractivity contribution in [1.82, 2.24) is 4.98 Å². The molecule has 0 unspecified atom stereocenters. The van der Waals surface area contributed by atoms with E-state index in [2.05, 4.69) is 50.9 Å². The van der Waals surface area contributed by atoms with E-state index >= 15 is 0 Å². The van der Waals surface area contributed by atoms with Crippen molar-refractivity contribution >= 4 is 5.57 Å². The van der Waals surface area contributed by atoms with Crippen molar-refractivity contribution in [2.75, 3.05) is 0 Å². The SMILES string of the molecule is CC.CC=C(C)C.CCC1=CC2(CCC2)c2[nH]c(CC)cc21. The largest absolute Gasteiger partial charge is 0.361 e. The van der Waals surface area contributed by atoms with Crippen LogP contribution in [0.2, 0.25) is 0 Å². The highest BCUT2D eigenvalue weighted by atomic mass is 14.8. The van der Waals surface area contributed by atoms with Gasteiger partial charge in [0.1, 0.15) is 0 Å². The molecule has 1 N–H and O–H groups in total. The summed E-state index contributed by atoms with van der Waals surface area (Å²) < 4.78 is 0. The van der Waals surface area contributed by atoms with Crippen LogP contribution in [0.5, 0.6) is 0 Å². The molecule has 3 rings (SSSR count). The second kappa shape index (κ2) is 8.41. The Labute approximate surface area is 137 Å². The maximum Gasteiger partial charge on any atom is 0.0327 e. The molecule has 0 atom stereocenters. The first-order valence-corrected chi connectivity index (χ1v) is 9.10. The summed E-state index contributed by atoms with van der Waals surface area (Å²) in [5, 5.41) is 0. The summed E-state index contributed by atoms with van der Waals surface area (Å²) in [6.45, 7) is 14.7. The van der Waals surface area contributed by atoms with Crippen LogP contribution >= 0.6 is 0 Å². The zero-order valence-electron chi connectivity index (χ0n) is 15.8. The van der Waals surface area contributed by atoms with Gasteiger partial charge in [-0.1, -0.05) is 51.8 Å². The van der Waals surface area contributed by atoms with E-state index in [1.54, 1.807) is 5.57 Å². The molecule has 0 aliphatic heterocycles. The third-order valence-electron chi connectivity index (χ3n) is 4.75. The van der Waals surface area contributed by atoms with Crippen molar-refractivity contribution in [2.24, 2.45) is 0 Å². The number of rotatable bonds is 2. The normalized spacial score (nSPS) is 16.4.